The molecule has 0 aliphatic rings. The van der Waals surface area contributed by atoms with E-state index in [1.54, 1.807) is 0 Å². The molecule has 0 heterocycles. The number of nitrogens with zero attached hydrogens (tertiary/aromatic N) is 1. The molecule has 0 saturated heterocycles. The third kappa shape index (κ3) is 14.1. The molecule has 0 amide bonds. The highest BCUT2D eigenvalue weighted by Crippen LogP contribution is 2.19. The van der Waals surface area contributed by atoms with Crippen LogP contribution in [-0.2, 0) is 9.53 Å². The van der Waals surface area contributed by atoms with Crippen molar-refractivity contribution in [3.05, 3.63) is 0 Å². The van der Waals surface area contributed by atoms with Gasteiger partial charge in [-0.1, -0.05) is 85.0 Å². The summed E-state index contributed by atoms with van der Waals surface area (Å²) < 4.78 is 4.67. The van der Waals surface area contributed by atoms with E-state index in [0.29, 0.717) is 12.5 Å². The largest absolute Gasteiger partial charge is 0.469 e. The van der Waals surface area contributed by atoms with Gasteiger partial charge in [-0.2, -0.15) is 0 Å². The zero-order chi connectivity index (χ0) is 20.3. The molecule has 4 heteroatoms. The van der Waals surface area contributed by atoms with E-state index in [4.69, 9.17) is 0 Å². The molecule has 1 N–H and O–H groups in total. The summed E-state index contributed by atoms with van der Waals surface area (Å²) >= 11 is 0. The molecule has 0 bridgehead atoms. The Kier molecular flexibility index (Phi) is 18.3. The fraction of sp³-hybridized carbons (Fsp3) is 0.957. The van der Waals surface area contributed by atoms with Gasteiger partial charge < -0.3 is 9.84 Å². The highest BCUT2D eigenvalue weighted by molar-refractivity contribution is 5.68. The molecule has 2 unspecified atom stereocenters. The minimum Gasteiger partial charge on any atom is -0.469 e. The summed E-state index contributed by atoms with van der Waals surface area (Å²) in [5.74, 6) is -0.102. The van der Waals surface area contributed by atoms with Gasteiger partial charge in [-0.25, -0.2) is 0 Å². The van der Waals surface area contributed by atoms with Crippen LogP contribution in [0.2, 0.25) is 0 Å². The molecule has 0 aromatic rings. The van der Waals surface area contributed by atoms with Gasteiger partial charge in [-0.15, -0.1) is 0 Å². The van der Waals surface area contributed by atoms with Crippen LogP contribution in [0.3, 0.4) is 0 Å². The molecule has 4 nitrogen and oxygen atoms in total. The lowest BCUT2D eigenvalue weighted by Crippen LogP contribution is -2.43. The molecular formula is C23H47NO3. The van der Waals surface area contributed by atoms with Crippen LogP contribution in [0.4, 0.5) is 0 Å². The van der Waals surface area contributed by atoms with Gasteiger partial charge in [0.25, 0.3) is 0 Å². The highest BCUT2D eigenvalue weighted by atomic mass is 16.5. The van der Waals surface area contributed by atoms with E-state index in [1.165, 1.54) is 45.6 Å². The van der Waals surface area contributed by atoms with Crippen molar-refractivity contribution in [2.24, 2.45) is 0 Å². The van der Waals surface area contributed by atoms with E-state index >= 15 is 0 Å². The number of aliphatic hydroxyl groups is 1. The van der Waals surface area contributed by atoms with Crippen molar-refractivity contribution < 1.29 is 14.6 Å². The van der Waals surface area contributed by atoms with Crippen LogP contribution in [0, 0.1) is 0 Å². The van der Waals surface area contributed by atoms with Crippen LogP contribution in [0.5, 0.6) is 0 Å². The maximum Gasteiger partial charge on any atom is 0.305 e. The highest BCUT2D eigenvalue weighted by Gasteiger charge is 2.23. The van der Waals surface area contributed by atoms with Gasteiger partial charge in [0.05, 0.1) is 13.2 Å². The number of aliphatic hydroxyl groups excluding tert-OH is 1. The topological polar surface area (TPSA) is 49.8 Å². The van der Waals surface area contributed by atoms with Gasteiger partial charge in [0.1, 0.15) is 0 Å². The number of unbranched alkanes of at least 4 members (excludes halogenated alkanes) is 9. The first-order chi connectivity index (χ1) is 13.1. The molecule has 0 aliphatic heterocycles. The smallest absolute Gasteiger partial charge is 0.305 e. The lowest BCUT2D eigenvalue weighted by Gasteiger charge is -2.33. The third-order valence-corrected chi connectivity index (χ3v) is 5.69. The van der Waals surface area contributed by atoms with Gasteiger partial charge in [-0.3, -0.25) is 9.69 Å². The number of likely N-dealkylation sites (N-methyl/N-ethyl adjacent to an activating group) is 1. The predicted molar refractivity (Wildman–Crippen MR) is 115 cm³/mol. The molecule has 0 fully saturated rings. The van der Waals surface area contributed by atoms with Crippen LogP contribution in [0.1, 0.15) is 111 Å². The Morgan fingerprint density at radius 3 is 1.89 bits per heavy atom. The fourth-order valence-corrected chi connectivity index (χ4v) is 3.89. The molecule has 2 atom stereocenters. The number of esters is 1. The number of hydrogen-bond acceptors (Lipinski definition) is 4. The second kappa shape index (κ2) is 18.7. The number of carbonyl (C=O) groups excluding carboxylic acids is 1. The Bertz CT molecular complexity index is 332. The Labute approximate surface area is 169 Å². The van der Waals surface area contributed by atoms with Gasteiger partial charge >= 0.3 is 5.97 Å². The van der Waals surface area contributed by atoms with E-state index in [0.717, 1.165) is 58.0 Å². The summed E-state index contributed by atoms with van der Waals surface area (Å²) in [6.45, 7) is 8.65. The third-order valence-electron chi connectivity index (χ3n) is 5.69. The molecule has 0 aromatic carbocycles. The van der Waals surface area contributed by atoms with Crippen LogP contribution in [0.15, 0.2) is 0 Å². The van der Waals surface area contributed by atoms with Crippen molar-refractivity contribution in [2.45, 2.75) is 123 Å². The first-order valence-electron chi connectivity index (χ1n) is 11.6. The number of carbonyl (C=O) groups is 1. The van der Waals surface area contributed by atoms with Crippen molar-refractivity contribution in [3.8, 4) is 0 Å². The summed E-state index contributed by atoms with van der Waals surface area (Å²) in [4.78, 5) is 13.5. The van der Waals surface area contributed by atoms with Gasteiger partial charge in [0.15, 0.2) is 0 Å². The lowest BCUT2D eigenvalue weighted by molar-refractivity contribution is -0.140. The van der Waals surface area contributed by atoms with Crippen LogP contribution < -0.4 is 0 Å². The molecule has 0 aromatic heterocycles. The number of ether oxygens (including phenoxy) is 1. The lowest BCUT2D eigenvalue weighted by atomic mass is 9.96. The van der Waals surface area contributed by atoms with E-state index < -0.39 is 0 Å². The van der Waals surface area contributed by atoms with Crippen LogP contribution in [0.25, 0.3) is 0 Å². The average Bonchev–Trinajstić information content (AvgIpc) is 2.68. The van der Waals surface area contributed by atoms with Gasteiger partial charge in [0, 0.05) is 12.5 Å². The molecule has 162 valence electrons. The van der Waals surface area contributed by atoms with E-state index in [9.17, 15) is 9.90 Å². The Morgan fingerprint density at radius 1 is 0.815 bits per heavy atom. The van der Waals surface area contributed by atoms with Crippen molar-refractivity contribution in [1.82, 2.24) is 4.90 Å². The zero-order valence-electron chi connectivity index (χ0n) is 18.7. The normalized spacial score (nSPS) is 13.7. The van der Waals surface area contributed by atoms with Crippen molar-refractivity contribution in [3.63, 3.8) is 0 Å². The maximum atomic E-state index is 11.1. The summed E-state index contributed by atoms with van der Waals surface area (Å²) in [7, 11) is 1.45. The Morgan fingerprint density at radius 2 is 1.33 bits per heavy atom. The number of methoxy groups -OCH3 is 1. The SMILES string of the molecule is CCCCCCCCC(O)C(CCCCCCCC(=O)OC)N(CC)CC. The predicted octanol–water partition coefficient (Wildman–Crippen LogP) is 5.71. The maximum absolute atomic E-state index is 11.1. The Balaban J connectivity index is 4.07. The monoisotopic (exact) mass is 385 g/mol. The molecule has 0 spiro atoms. The van der Waals surface area contributed by atoms with Crippen molar-refractivity contribution >= 4 is 5.97 Å². The van der Waals surface area contributed by atoms with E-state index in [1.807, 2.05) is 0 Å². The first-order valence-corrected chi connectivity index (χ1v) is 11.6. The van der Waals surface area contributed by atoms with Crippen molar-refractivity contribution in [1.29, 1.82) is 0 Å². The zero-order valence-corrected chi connectivity index (χ0v) is 18.7. The van der Waals surface area contributed by atoms with Gasteiger partial charge in [-0.05, 0) is 32.4 Å². The second-order valence-corrected chi connectivity index (χ2v) is 7.79. The molecule has 27 heavy (non-hydrogen) atoms. The molecule has 0 aliphatic carbocycles. The van der Waals surface area contributed by atoms with Crippen LogP contribution >= 0.6 is 0 Å². The summed E-state index contributed by atoms with van der Waals surface area (Å²) in [6, 6.07) is 0.297. The molecule has 0 radical (unpaired) electrons. The van der Waals surface area contributed by atoms with E-state index in [2.05, 4.69) is 30.4 Å². The fourth-order valence-electron chi connectivity index (χ4n) is 3.89. The quantitative estimate of drug-likeness (QED) is 0.228. The first kappa shape index (κ1) is 26.4. The molecule has 0 saturated carbocycles. The minimum atomic E-state index is -0.199. The number of rotatable bonds is 19. The number of hydrogen-bond donors (Lipinski definition) is 1. The van der Waals surface area contributed by atoms with Crippen LogP contribution in [-0.4, -0.2) is 48.3 Å². The van der Waals surface area contributed by atoms with Crippen molar-refractivity contribution in [2.75, 3.05) is 20.2 Å². The average molecular weight is 386 g/mol. The van der Waals surface area contributed by atoms with Gasteiger partial charge in [0.2, 0.25) is 0 Å². The molecule has 0 rings (SSSR count). The minimum absolute atomic E-state index is 0.102. The second-order valence-electron chi connectivity index (χ2n) is 7.79. The summed E-state index contributed by atoms with van der Waals surface area (Å²) in [5.41, 5.74) is 0. The summed E-state index contributed by atoms with van der Waals surface area (Å²) in [6.07, 6.45) is 15.5. The summed E-state index contributed by atoms with van der Waals surface area (Å²) in [5, 5.41) is 10.8. The molecular weight excluding hydrogens is 338 g/mol. The Hall–Kier alpha value is -0.610. The standard InChI is InChI=1S/C23H47NO3/c1-5-8-9-10-13-16-19-22(25)21(24(6-2)7-3)18-15-12-11-14-17-20-23(26)27-4/h21-22,25H,5-20H2,1-4H3. The van der Waals surface area contributed by atoms with E-state index in [-0.39, 0.29) is 12.1 Å².